The number of aromatic hydroxyl groups is 1. The smallest absolute Gasteiger partial charge is 0.216 e. The molecule has 1 rings (SSSR count). The lowest BCUT2D eigenvalue weighted by Crippen LogP contribution is -2.28. The van der Waals surface area contributed by atoms with Gasteiger partial charge in [-0.3, -0.25) is 4.79 Å². The number of carbonyl (C=O) groups is 1. The molecule has 5 nitrogen and oxygen atoms in total. The predicted molar refractivity (Wildman–Crippen MR) is 62.3 cm³/mol. The third-order valence-electron chi connectivity index (χ3n) is 2.51. The van der Waals surface area contributed by atoms with Crippen molar-refractivity contribution in [2.24, 2.45) is 0 Å². The summed E-state index contributed by atoms with van der Waals surface area (Å²) in [4.78, 5) is 10.6. The fraction of sp³-hybridized carbons (Fsp3) is 0.417. The lowest BCUT2D eigenvalue weighted by Gasteiger charge is -2.19. The summed E-state index contributed by atoms with van der Waals surface area (Å²) in [5.74, 6) is -1.79. The summed E-state index contributed by atoms with van der Waals surface area (Å²) in [6.45, 7) is 1.51. The van der Waals surface area contributed by atoms with Gasteiger partial charge in [0.15, 0.2) is 11.6 Å². The van der Waals surface area contributed by atoms with Crippen LogP contribution in [-0.2, 0) is 4.79 Å². The van der Waals surface area contributed by atoms with Crippen molar-refractivity contribution in [3.63, 3.8) is 0 Å². The highest BCUT2D eigenvalue weighted by molar-refractivity contribution is 5.72. The molecule has 0 bridgehead atoms. The van der Waals surface area contributed by atoms with Gasteiger partial charge in [-0.1, -0.05) is 12.1 Å². The van der Waals surface area contributed by atoms with Crippen LogP contribution in [0.5, 0.6) is 5.75 Å². The Morgan fingerprint density at radius 3 is 2.72 bits per heavy atom. The van der Waals surface area contributed by atoms with Crippen molar-refractivity contribution in [1.82, 2.24) is 5.32 Å². The van der Waals surface area contributed by atoms with Gasteiger partial charge in [0.25, 0.3) is 0 Å². The largest absolute Gasteiger partial charge is 0.505 e. The second kappa shape index (κ2) is 6.32. The monoisotopic (exact) mass is 257 g/mol. The summed E-state index contributed by atoms with van der Waals surface area (Å²) in [6, 6.07) is 3.80. The second-order valence-corrected chi connectivity index (χ2v) is 3.96. The molecular weight excluding hydrogens is 241 g/mol. The van der Waals surface area contributed by atoms with Crippen LogP contribution < -0.4 is 5.32 Å². The minimum Gasteiger partial charge on any atom is -0.505 e. The molecule has 18 heavy (non-hydrogen) atoms. The summed E-state index contributed by atoms with van der Waals surface area (Å²) in [7, 11) is 0. The van der Waals surface area contributed by atoms with Crippen LogP contribution in [0.2, 0.25) is 0 Å². The topological polar surface area (TPSA) is 89.8 Å². The van der Waals surface area contributed by atoms with Gasteiger partial charge in [-0.05, 0) is 12.5 Å². The number of benzene rings is 1. The van der Waals surface area contributed by atoms with Crippen LogP contribution in [-0.4, -0.2) is 33.9 Å². The van der Waals surface area contributed by atoms with Crippen LogP contribution in [0.1, 0.15) is 25.0 Å². The number of aliphatic hydroxyl groups excluding tert-OH is 2. The Morgan fingerprint density at radius 2 is 2.11 bits per heavy atom. The van der Waals surface area contributed by atoms with E-state index in [4.69, 9.17) is 5.11 Å². The standard InChI is InChI=1S/C12H16FNO4/c1-7(15)14-6-5-10(17)12(18)8-3-2-4-9(16)11(8)13/h2-4,10,12,16-18H,5-6H2,1H3,(H,14,15). The molecule has 4 N–H and O–H groups in total. The Labute approximate surface area is 104 Å². The number of hydrogen-bond acceptors (Lipinski definition) is 4. The van der Waals surface area contributed by atoms with E-state index in [1.807, 2.05) is 0 Å². The first-order chi connectivity index (χ1) is 8.43. The zero-order valence-electron chi connectivity index (χ0n) is 9.93. The number of carbonyl (C=O) groups excluding carboxylic acids is 1. The van der Waals surface area contributed by atoms with Gasteiger partial charge < -0.3 is 20.6 Å². The van der Waals surface area contributed by atoms with Gasteiger partial charge in [0, 0.05) is 19.0 Å². The number of halogens is 1. The van der Waals surface area contributed by atoms with Crippen molar-refractivity contribution in [3.05, 3.63) is 29.6 Å². The molecular formula is C12H16FNO4. The Bertz CT molecular complexity index is 425. The Hall–Kier alpha value is -1.66. The maximum Gasteiger partial charge on any atom is 0.216 e. The Kier molecular flexibility index (Phi) is 5.06. The summed E-state index contributed by atoms with van der Waals surface area (Å²) in [5.41, 5.74) is -0.176. The molecule has 2 atom stereocenters. The zero-order valence-corrected chi connectivity index (χ0v) is 9.93. The molecule has 0 aliphatic heterocycles. The number of nitrogens with one attached hydrogen (secondary N) is 1. The summed E-state index contributed by atoms with van der Waals surface area (Å²) < 4.78 is 13.5. The van der Waals surface area contributed by atoms with E-state index < -0.39 is 23.8 Å². The van der Waals surface area contributed by atoms with Gasteiger partial charge in [0.2, 0.25) is 5.91 Å². The molecule has 0 heterocycles. The minimum atomic E-state index is -1.45. The third kappa shape index (κ3) is 3.68. The SMILES string of the molecule is CC(=O)NCCC(O)C(O)c1cccc(O)c1F. The highest BCUT2D eigenvalue weighted by Gasteiger charge is 2.22. The minimum absolute atomic E-state index is 0.0792. The Morgan fingerprint density at radius 1 is 1.44 bits per heavy atom. The van der Waals surface area contributed by atoms with Gasteiger partial charge in [-0.25, -0.2) is 4.39 Å². The van der Waals surface area contributed by atoms with Gasteiger partial charge in [0.05, 0.1) is 6.10 Å². The molecule has 0 radical (unpaired) electrons. The molecule has 0 fully saturated rings. The quantitative estimate of drug-likeness (QED) is 0.616. The number of phenolic OH excluding ortho intramolecular Hbond substituents is 1. The van der Waals surface area contributed by atoms with Crippen molar-refractivity contribution < 1.29 is 24.5 Å². The fourth-order valence-electron chi connectivity index (χ4n) is 1.53. The van der Waals surface area contributed by atoms with Crippen molar-refractivity contribution in [3.8, 4) is 5.75 Å². The van der Waals surface area contributed by atoms with E-state index in [1.165, 1.54) is 19.1 Å². The zero-order chi connectivity index (χ0) is 13.7. The number of aliphatic hydroxyl groups is 2. The number of phenols is 1. The molecule has 0 aromatic heterocycles. The molecule has 1 aromatic carbocycles. The first-order valence-corrected chi connectivity index (χ1v) is 5.51. The molecule has 0 saturated carbocycles. The number of rotatable bonds is 5. The molecule has 0 saturated heterocycles. The van der Waals surface area contributed by atoms with E-state index in [0.717, 1.165) is 6.07 Å². The maximum atomic E-state index is 13.5. The van der Waals surface area contributed by atoms with Crippen molar-refractivity contribution in [2.45, 2.75) is 25.6 Å². The van der Waals surface area contributed by atoms with E-state index in [0.29, 0.717) is 0 Å². The molecule has 0 aliphatic carbocycles. The summed E-state index contributed by atoms with van der Waals surface area (Å²) >= 11 is 0. The molecule has 6 heteroatoms. The predicted octanol–water partition coefficient (Wildman–Crippen LogP) is 0.452. The van der Waals surface area contributed by atoms with E-state index in [2.05, 4.69) is 5.32 Å². The van der Waals surface area contributed by atoms with E-state index in [9.17, 15) is 19.4 Å². The van der Waals surface area contributed by atoms with E-state index in [1.54, 1.807) is 0 Å². The van der Waals surface area contributed by atoms with Crippen LogP contribution in [0.4, 0.5) is 4.39 Å². The van der Waals surface area contributed by atoms with Crippen molar-refractivity contribution in [2.75, 3.05) is 6.54 Å². The van der Waals surface area contributed by atoms with Crippen LogP contribution in [0.15, 0.2) is 18.2 Å². The van der Waals surface area contributed by atoms with E-state index in [-0.39, 0.29) is 24.4 Å². The van der Waals surface area contributed by atoms with Crippen molar-refractivity contribution >= 4 is 5.91 Å². The molecule has 1 amide bonds. The lowest BCUT2D eigenvalue weighted by molar-refractivity contribution is -0.119. The molecule has 0 aliphatic rings. The Balaban J connectivity index is 2.65. The molecule has 1 aromatic rings. The molecule has 100 valence electrons. The van der Waals surface area contributed by atoms with Crippen LogP contribution >= 0.6 is 0 Å². The number of amides is 1. The van der Waals surface area contributed by atoms with Crippen LogP contribution in [0.3, 0.4) is 0 Å². The average Bonchev–Trinajstić information content (AvgIpc) is 2.31. The number of hydrogen-bond donors (Lipinski definition) is 4. The van der Waals surface area contributed by atoms with Crippen molar-refractivity contribution in [1.29, 1.82) is 0 Å². The first-order valence-electron chi connectivity index (χ1n) is 5.51. The highest BCUT2D eigenvalue weighted by Crippen LogP contribution is 2.26. The second-order valence-electron chi connectivity index (χ2n) is 3.96. The van der Waals surface area contributed by atoms with E-state index >= 15 is 0 Å². The third-order valence-corrected chi connectivity index (χ3v) is 2.51. The lowest BCUT2D eigenvalue weighted by atomic mass is 10.0. The fourth-order valence-corrected chi connectivity index (χ4v) is 1.53. The first kappa shape index (κ1) is 14.4. The molecule has 2 unspecified atom stereocenters. The van der Waals surface area contributed by atoms with Gasteiger partial charge in [-0.15, -0.1) is 0 Å². The molecule has 0 spiro atoms. The maximum absolute atomic E-state index is 13.5. The average molecular weight is 257 g/mol. The van der Waals surface area contributed by atoms with Gasteiger partial charge in [0.1, 0.15) is 6.10 Å². The summed E-state index contributed by atoms with van der Waals surface area (Å²) in [5, 5.41) is 31.0. The van der Waals surface area contributed by atoms with Crippen LogP contribution in [0.25, 0.3) is 0 Å². The normalized spacial score (nSPS) is 14.0. The van der Waals surface area contributed by atoms with Crippen LogP contribution in [0, 0.1) is 5.82 Å². The highest BCUT2D eigenvalue weighted by atomic mass is 19.1. The summed E-state index contributed by atoms with van der Waals surface area (Å²) in [6.07, 6.45) is -2.60. The van der Waals surface area contributed by atoms with Gasteiger partial charge >= 0.3 is 0 Å². The van der Waals surface area contributed by atoms with Gasteiger partial charge in [-0.2, -0.15) is 0 Å².